The molecule has 0 radical (unpaired) electrons. The van der Waals surface area contributed by atoms with E-state index >= 15 is 0 Å². The van der Waals surface area contributed by atoms with Crippen molar-refractivity contribution in [1.29, 1.82) is 0 Å². The lowest BCUT2D eigenvalue weighted by molar-refractivity contribution is -0.182. The molecule has 0 aliphatic carbocycles. The van der Waals surface area contributed by atoms with Gasteiger partial charge in [-0.3, -0.25) is 0 Å². The quantitative estimate of drug-likeness (QED) is 0.844. The molecule has 0 saturated carbocycles. The Balaban J connectivity index is 2.08. The summed E-state index contributed by atoms with van der Waals surface area (Å²) in [5.41, 5.74) is 2.25. The zero-order valence-corrected chi connectivity index (χ0v) is 11.1. The first-order chi connectivity index (χ1) is 9.38. The third-order valence-electron chi connectivity index (χ3n) is 3.35. The van der Waals surface area contributed by atoms with Gasteiger partial charge in [0, 0.05) is 12.7 Å². The molecule has 1 aliphatic rings. The van der Waals surface area contributed by atoms with Crippen molar-refractivity contribution < 1.29 is 14.2 Å². The van der Waals surface area contributed by atoms with Gasteiger partial charge in [-0.2, -0.15) is 0 Å². The number of rotatable bonds is 3. The lowest BCUT2D eigenvalue weighted by Crippen LogP contribution is -2.18. The van der Waals surface area contributed by atoms with Crippen molar-refractivity contribution in [2.75, 3.05) is 20.3 Å². The Morgan fingerprint density at radius 3 is 2.74 bits per heavy atom. The molecule has 0 aromatic heterocycles. The molecule has 3 rings (SSSR count). The van der Waals surface area contributed by atoms with Crippen LogP contribution in [0.25, 0.3) is 10.8 Å². The largest absolute Gasteiger partial charge is 0.380 e. The average Bonchev–Trinajstić information content (AvgIpc) is 2.48. The molecular weight excluding hydrogens is 240 g/mol. The predicted molar refractivity (Wildman–Crippen MR) is 73.9 cm³/mol. The fraction of sp³-hybridized carbons (Fsp3) is 0.375. The Hall–Kier alpha value is -1.42. The van der Waals surface area contributed by atoms with Gasteiger partial charge in [-0.1, -0.05) is 24.3 Å². The molecule has 0 bridgehead atoms. The predicted octanol–water partition coefficient (Wildman–Crippen LogP) is 3.42. The molecule has 1 saturated heterocycles. The molecule has 19 heavy (non-hydrogen) atoms. The maximum atomic E-state index is 5.74. The van der Waals surface area contributed by atoms with Gasteiger partial charge >= 0.3 is 0 Å². The number of hydrogen-bond acceptors (Lipinski definition) is 3. The smallest absolute Gasteiger partial charge is 0.184 e. The highest BCUT2D eigenvalue weighted by molar-refractivity contribution is 5.86. The molecule has 0 amide bonds. The molecule has 0 unspecified atom stereocenters. The van der Waals surface area contributed by atoms with Crippen LogP contribution in [0, 0.1) is 0 Å². The summed E-state index contributed by atoms with van der Waals surface area (Å²) in [4.78, 5) is 0. The topological polar surface area (TPSA) is 27.7 Å². The van der Waals surface area contributed by atoms with E-state index in [9.17, 15) is 0 Å². The number of hydrogen-bond donors (Lipinski definition) is 0. The minimum absolute atomic E-state index is 0.254. The Morgan fingerprint density at radius 2 is 1.95 bits per heavy atom. The van der Waals surface area contributed by atoms with Crippen LogP contribution in [0.15, 0.2) is 36.4 Å². The molecule has 100 valence electrons. The van der Waals surface area contributed by atoms with Crippen molar-refractivity contribution in [3.05, 3.63) is 47.5 Å². The second kappa shape index (κ2) is 5.70. The molecule has 3 nitrogen and oxygen atoms in total. The fourth-order valence-electron chi connectivity index (χ4n) is 2.52. The first kappa shape index (κ1) is 12.6. The summed E-state index contributed by atoms with van der Waals surface area (Å²) in [6, 6.07) is 12.6. The van der Waals surface area contributed by atoms with Gasteiger partial charge < -0.3 is 14.2 Å². The third kappa shape index (κ3) is 2.63. The molecule has 1 heterocycles. The Labute approximate surface area is 113 Å². The number of benzene rings is 2. The third-order valence-corrected chi connectivity index (χ3v) is 3.35. The van der Waals surface area contributed by atoms with Crippen molar-refractivity contribution >= 4 is 10.8 Å². The molecule has 0 spiro atoms. The van der Waals surface area contributed by atoms with Crippen molar-refractivity contribution in [3.63, 3.8) is 0 Å². The summed E-state index contributed by atoms with van der Waals surface area (Å²) in [6.07, 6.45) is 0.710. The van der Waals surface area contributed by atoms with Crippen LogP contribution in [0.3, 0.4) is 0 Å². The van der Waals surface area contributed by atoms with Gasteiger partial charge in [0.05, 0.1) is 19.8 Å². The minimum atomic E-state index is -0.254. The van der Waals surface area contributed by atoms with E-state index in [4.69, 9.17) is 14.2 Å². The standard InChI is InChI=1S/C16H18O3/c1-17-11-12-9-13-5-2-3-6-14(13)15(10-12)16-18-7-4-8-19-16/h2-3,5-6,9-10,16H,4,7-8,11H2,1H3. The summed E-state index contributed by atoms with van der Waals surface area (Å²) in [5.74, 6) is 0. The number of methoxy groups -OCH3 is 1. The normalized spacial score (nSPS) is 16.9. The van der Waals surface area contributed by atoms with E-state index in [1.54, 1.807) is 7.11 Å². The average molecular weight is 258 g/mol. The van der Waals surface area contributed by atoms with Crippen LogP contribution in [-0.4, -0.2) is 20.3 Å². The van der Waals surface area contributed by atoms with Gasteiger partial charge in [0.15, 0.2) is 6.29 Å². The first-order valence-electron chi connectivity index (χ1n) is 6.62. The Bertz CT molecular complexity index is 559. The van der Waals surface area contributed by atoms with Crippen molar-refractivity contribution in [3.8, 4) is 0 Å². The minimum Gasteiger partial charge on any atom is -0.380 e. The number of ether oxygens (including phenoxy) is 3. The zero-order valence-electron chi connectivity index (χ0n) is 11.1. The molecule has 1 fully saturated rings. The molecule has 2 aromatic rings. The summed E-state index contributed by atoms with van der Waals surface area (Å²) < 4.78 is 16.7. The Morgan fingerprint density at radius 1 is 1.16 bits per heavy atom. The van der Waals surface area contributed by atoms with E-state index < -0.39 is 0 Å². The zero-order chi connectivity index (χ0) is 13.1. The SMILES string of the molecule is COCc1cc(C2OCCCO2)c2ccccc2c1. The van der Waals surface area contributed by atoms with Crippen molar-refractivity contribution in [2.24, 2.45) is 0 Å². The molecule has 0 N–H and O–H groups in total. The first-order valence-corrected chi connectivity index (χ1v) is 6.62. The molecule has 0 atom stereocenters. The maximum absolute atomic E-state index is 5.74. The van der Waals surface area contributed by atoms with Gasteiger partial charge in [0.25, 0.3) is 0 Å². The van der Waals surface area contributed by atoms with Crippen LogP contribution >= 0.6 is 0 Å². The Kier molecular flexibility index (Phi) is 3.78. The van der Waals surface area contributed by atoms with E-state index in [2.05, 4.69) is 24.3 Å². The summed E-state index contributed by atoms with van der Waals surface area (Å²) in [6.45, 7) is 2.12. The van der Waals surface area contributed by atoms with Crippen LogP contribution in [0.4, 0.5) is 0 Å². The molecule has 2 aromatic carbocycles. The van der Waals surface area contributed by atoms with Gasteiger partial charge in [-0.25, -0.2) is 0 Å². The monoisotopic (exact) mass is 258 g/mol. The van der Waals surface area contributed by atoms with E-state index in [0.717, 1.165) is 30.8 Å². The molecule has 3 heteroatoms. The maximum Gasteiger partial charge on any atom is 0.184 e. The van der Waals surface area contributed by atoms with Gasteiger partial charge in [-0.05, 0) is 34.9 Å². The summed E-state index contributed by atoms with van der Waals surface area (Å²) in [5, 5.41) is 2.39. The number of fused-ring (bicyclic) bond motifs is 1. The highest BCUT2D eigenvalue weighted by atomic mass is 16.7. The second-order valence-corrected chi connectivity index (χ2v) is 4.77. The lowest BCUT2D eigenvalue weighted by Gasteiger charge is -2.25. The van der Waals surface area contributed by atoms with Crippen LogP contribution in [0.1, 0.15) is 23.8 Å². The van der Waals surface area contributed by atoms with Crippen LogP contribution in [0.2, 0.25) is 0 Å². The molecular formula is C16H18O3. The highest BCUT2D eigenvalue weighted by Crippen LogP contribution is 2.31. The van der Waals surface area contributed by atoms with Gasteiger partial charge in [-0.15, -0.1) is 0 Å². The second-order valence-electron chi connectivity index (χ2n) is 4.77. The van der Waals surface area contributed by atoms with Crippen molar-refractivity contribution in [1.82, 2.24) is 0 Å². The van der Waals surface area contributed by atoms with Crippen molar-refractivity contribution in [2.45, 2.75) is 19.3 Å². The van der Waals surface area contributed by atoms with E-state index in [-0.39, 0.29) is 6.29 Å². The van der Waals surface area contributed by atoms with Crippen LogP contribution in [-0.2, 0) is 20.8 Å². The van der Waals surface area contributed by atoms with E-state index in [0.29, 0.717) is 6.61 Å². The van der Waals surface area contributed by atoms with Gasteiger partial charge in [0.1, 0.15) is 0 Å². The van der Waals surface area contributed by atoms with Crippen LogP contribution in [0.5, 0.6) is 0 Å². The summed E-state index contributed by atoms with van der Waals surface area (Å²) >= 11 is 0. The summed E-state index contributed by atoms with van der Waals surface area (Å²) in [7, 11) is 1.71. The molecule has 1 aliphatic heterocycles. The van der Waals surface area contributed by atoms with Gasteiger partial charge in [0.2, 0.25) is 0 Å². The lowest BCUT2D eigenvalue weighted by atomic mass is 10.0. The van der Waals surface area contributed by atoms with E-state index in [1.807, 2.05) is 12.1 Å². The highest BCUT2D eigenvalue weighted by Gasteiger charge is 2.19. The fourth-order valence-corrected chi connectivity index (χ4v) is 2.52. The van der Waals surface area contributed by atoms with Crippen LogP contribution < -0.4 is 0 Å². The van der Waals surface area contributed by atoms with E-state index in [1.165, 1.54) is 10.8 Å².